The molecular formula is C29H28ClF2N9. The summed E-state index contributed by atoms with van der Waals surface area (Å²) < 4.78 is 30.8. The fraction of sp³-hybridized carbons (Fsp3) is 0.345. The molecule has 1 fully saturated rings. The Morgan fingerprint density at radius 3 is 2.73 bits per heavy atom. The van der Waals surface area contributed by atoms with Crippen molar-refractivity contribution in [1.29, 1.82) is 5.26 Å². The number of nitrogens with zero attached hydrogens (tertiary/aromatic N) is 7. The Labute approximate surface area is 240 Å². The molecule has 1 unspecified atom stereocenters. The van der Waals surface area contributed by atoms with Crippen LogP contribution in [0.3, 0.4) is 0 Å². The number of hydrogen-bond acceptors (Lipinski definition) is 7. The van der Waals surface area contributed by atoms with E-state index in [0.29, 0.717) is 57.9 Å². The molecule has 0 aliphatic heterocycles. The highest BCUT2D eigenvalue weighted by molar-refractivity contribution is 6.35. The van der Waals surface area contributed by atoms with E-state index in [0.717, 1.165) is 11.1 Å². The first-order valence-electron chi connectivity index (χ1n) is 13.3. The summed E-state index contributed by atoms with van der Waals surface area (Å²) >= 11 is 6.74. The van der Waals surface area contributed by atoms with Crippen LogP contribution in [0.4, 0.5) is 20.2 Å². The Morgan fingerprint density at radius 1 is 1.22 bits per heavy atom. The van der Waals surface area contributed by atoms with Gasteiger partial charge in [0.1, 0.15) is 17.3 Å². The van der Waals surface area contributed by atoms with Gasteiger partial charge in [0, 0.05) is 41.8 Å². The SMILES string of the molecule is CC(C)(C)CNc1c(C#N)cnc2c(Cl)cc(NC(c3cn(C4(C(F)F)CC4)nn3)c3cccn4nccc34)cc12. The lowest BCUT2D eigenvalue weighted by Gasteiger charge is -2.22. The molecule has 9 nitrogen and oxygen atoms in total. The topological polar surface area (TPSA) is 109 Å². The number of benzene rings is 1. The van der Waals surface area contributed by atoms with Gasteiger partial charge in [-0.25, -0.2) is 18.0 Å². The molecule has 0 spiro atoms. The number of anilines is 2. The number of aromatic nitrogens is 6. The summed E-state index contributed by atoms with van der Waals surface area (Å²) in [5.41, 5.74) is 3.00. The molecule has 210 valence electrons. The average Bonchev–Trinajstić information content (AvgIpc) is 3.35. The molecule has 4 heterocycles. The van der Waals surface area contributed by atoms with Crippen molar-refractivity contribution in [2.24, 2.45) is 5.41 Å². The summed E-state index contributed by atoms with van der Waals surface area (Å²) in [4.78, 5) is 4.45. The lowest BCUT2D eigenvalue weighted by molar-refractivity contribution is 0.0593. The summed E-state index contributed by atoms with van der Waals surface area (Å²) in [5.74, 6) is 0. The highest BCUT2D eigenvalue weighted by Crippen LogP contribution is 2.48. The molecule has 0 bridgehead atoms. The molecule has 0 amide bonds. The molecule has 1 saturated carbocycles. The van der Waals surface area contributed by atoms with Crippen LogP contribution >= 0.6 is 11.6 Å². The van der Waals surface area contributed by atoms with E-state index >= 15 is 0 Å². The lowest BCUT2D eigenvalue weighted by Crippen LogP contribution is -2.26. The molecule has 4 aromatic heterocycles. The normalized spacial score (nSPS) is 15.3. The maximum absolute atomic E-state index is 13.9. The number of halogens is 3. The quantitative estimate of drug-likeness (QED) is 0.220. The second-order valence-electron chi connectivity index (χ2n) is 11.6. The van der Waals surface area contributed by atoms with Crippen molar-refractivity contribution in [2.75, 3.05) is 17.2 Å². The van der Waals surface area contributed by atoms with Crippen LogP contribution in [0.5, 0.6) is 0 Å². The highest BCUT2D eigenvalue weighted by Gasteiger charge is 2.54. The number of nitrogens with one attached hydrogen (secondary N) is 2. The van der Waals surface area contributed by atoms with Crippen LogP contribution in [0.2, 0.25) is 5.02 Å². The molecule has 1 aliphatic rings. The summed E-state index contributed by atoms with van der Waals surface area (Å²) in [7, 11) is 0. The van der Waals surface area contributed by atoms with Crippen molar-refractivity contribution >= 4 is 39.4 Å². The molecule has 1 aromatic carbocycles. The summed E-state index contributed by atoms with van der Waals surface area (Å²) in [6, 6.07) is 11.0. The molecule has 6 rings (SSSR count). The monoisotopic (exact) mass is 575 g/mol. The first-order chi connectivity index (χ1) is 19.6. The summed E-state index contributed by atoms with van der Waals surface area (Å²) in [6.07, 6.45) is 4.79. The van der Waals surface area contributed by atoms with E-state index in [4.69, 9.17) is 11.6 Å². The molecule has 12 heteroatoms. The smallest absolute Gasteiger partial charge is 0.263 e. The standard InChI is InChI=1S/C29H28ClF2N9/c1-28(2,3)16-35-24-17(13-33)14-34-25-20(24)11-18(12-21(25)30)37-26(19-5-4-10-40-23(19)6-9-36-40)22-15-41(39-38-22)29(7-8-29)27(31)32/h4-6,9-12,14-15,26-27,37H,7-8,16H2,1-3H3,(H,34,35). The average molecular weight is 576 g/mol. The zero-order valence-electron chi connectivity index (χ0n) is 22.7. The van der Waals surface area contributed by atoms with Gasteiger partial charge in [0.25, 0.3) is 6.43 Å². The van der Waals surface area contributed by atoms with Crippen LogP contribution in [0.25, 0.3) is 16.4 Å². The molecule has 1 aliphatic carbocycles. The molecule has 2 N–H and O–H groups in total. The van der Waals surface area contributed by atoms with Crippen LogP contribution < -0.4 is 10.6 Å². The number of nitriles is 1. The molecule has 0 radical (unpaired) electrons. The molecule has 5 aromatic rings. The second kappa shape index (κ2) is 9.96. The van der Waals surface area contributed by atoms with E-state index in [-0.39, 0.29) is 5.41 Å². The highest BCUT2D eigenvalue weighted by atomic mass is 35.5. The van der Waals surface area contributed by atoms with Crippen molar-refractivity contribution < 1.29 is 8.78 Å². The van der Waals surface area contributed by atoms with Gasteiger partial charge in [-0.15, -0.1) is 5.10 Å². The lowest BCUT2D eigenvalue weighted by atomic mass is 9.96. The molecule has 1 atom stereocenters. The van der Waals surface area contributed by atoms with Gasteiger partial charge in [0.2, 0.25) is 0 Å². The minimum absolute atomic E-state index is 0.0417. The first kappa shape index (κ1) is 26.9. The van der Waals surface area contributed by atoms with Gasteiger partial charge in [-0.2, -0.15) is 10.4 Å². The third kappa shape index (κ3) is 4.93. The minimum Gasteiger partial charge on any atom is -0.383 e. The number of hydrogen-bond donors (Lipinski definition) is 2. The van der Waals surface area contributed by atoms with Crippen LogP contribution in [0.1, 0.15) is 56.5 Å². The second-order valence-corrected chi connectivity index (χ2v) is 12.0. The van der Waals surface area contributed by atoms with E-state index in [1.807, 2.05) is 30.5 Å². The van der Waals surface area contributed by atoms with Crippen LogP contribution in [-0.4, -0.2) is 42.6 Å². The summed E-state index contributed by atoms with van der Waals surface area (Å²) in [5, 5.41) is 30.6. The number of pyridine rings is 2. The Hall–Kier alpha value is -4.30. The Balaban J connectivity index is 1.47. The Kier molecular flexibility index (Phi) is 6.53. The van der Waals surface area contributed by atoms with Crippen molar-refractivity contribution in [1.82, 2.24) is 29.6 Å². The van der Waals surface area contributed by atoms with Crippen molar-refractivity contribution in [2.45, 2.75) is 51.6 Å². The zero-order chi connectivity index (χ0) is 28.9. The molecular weight excluding hydrogens is 548 g/mol. The van der Waals surface area contributed by atoms with Crippen molar-refractivity contribution in [3.05, 3.63) is 77.0 Å². The van der Waals surface area contributed by atoms with Crippen molar-refractivity contribution in [3.8, 4) is 6.07 Å². The largest absolute Gasteiger partial charge is 0.383 e. The van der Waals surface area contributed by atoms with Gasteiger partial charge < -0.3 is 10.6 Å². The van der Waals surface area contributed by atoms with Gasteiger partial charge in [-0.3, -0.25) is 4.98 Å². The fourth-order valence-corrected chi connectivity index (χ4v) is 5.24. The Bertz CT molecular complexity index is 1790. The zero-order valence-corrected chi connectivity index (χ0v) is 23.5. The minimum atomic E-state index is -2.54. The van der Waals surface area contributed by atoms with Gasteiger partial charge >= 0.3 is 0 Å². The van der Waals surface area contributed by atoms with Gasteiger partial charge in [0.05, 0.1) is 39.5 Å². The van der Waals surface area contributed by atoms with E-state index in [9.17, 15) is 14.0 Å². The Morgan fingerprint density at radius 2 is 2.02 bits per heavy atom. The third-order valence-electron chi connectivity index (χ3n) is 7.36. The fourth-order valence-electron chi connectivity index (χ4n) is 4.97. The van der Waals surface area contributed by atoms with Gasteiger partial charge in [0.15, 0.2) is 0 Å². The predicted molar refractivity (Wildman–Crippen MR) is 153 cm³/mol. The third-order valence-corrected chi connectivity index (χ3v) is 7.65. The number of alkyl halides is 2. The maximum Gasteiger partial charge on any atom is 0.263 e. The maximum atomic E-state index is 13.9. The molecule has 0 saturated heterocycles. The van der Waals surface area contributed by atoms with Gasteiger partial charge in [-0.05, 0) is 42.5 Å². The molecule has 41 heavy (non-hydrogen) atoms. The van der Waals surface area contributed by atoms with Crippen LogP contribution in [-0.2, 0) is 5.54 Å². The van der Waals surface area contributed by atoms with Crippen molar-refractivity contribution in [3.63, 3.8) is 0 Å². The summed E-state index contributed by atoms with van der Waals surface area (Å²) in [6.45, 7) is 6.93. The van der Waals surface area contributed by atoms with E-state index in [1.54, 1.807) is 23.0 Å². The van der Waals surface area contributed by atoms with E-state index in [2.05, 4.69) is 57.9 Å². The number of fused-ring (bicyclic) bond motifs is 2. The van der Waals surface area contributed by atoms with Crippen LogP contribution in [0, 0.1) is 16.7 Å². The predicted octanol–water partition coefficient (Wildman–Crippen LogP) is 6.41. The number of rotatable bonds is 8. The van der Waals surface area contributed by atoms with Gasteiger partial charge in [-0.1, -0.05) is 43.7 Å². The van der Waals surface area contributed by atoms with E-state index < -0.39 is 18.0 Å². The first-order valence-corrected chi connectivity index (χ1v) is 13.6. The van der Waals surface area contributed by atoms with E-state index in [1.165, 1.54) is 10.9 Å². The van der Waals surface area contributed by atoms with Crippen LogP contribution in [0.15, 0.2) is 55.1 Å².